The number of furan rings is 1. The van der Waals surface area contributed by atoms with E-state index < -0.39 is 0 Å². The Balaban J connectivity index is 2.61. The molecule has 0 fully saturated rings. The minimum Gasteiger partial charge on any atom is -0.456 e. The maximum atomic E-state index is 5.95. The van der Waals surface area contributed by atoms with Gasteiger partial charge >= 0.3 is 0 Å². The molecule has 0 unspecified atom stereocenters. The number of hydrogen-bond acceptors (Lipinski definition) is 1. The van der Waals surface area contributed by atoms with Crippen molar-refractivity contribution in [2.45, 2.75) is 0 Å². The molecule has 0 amide bonds. The Morgan fingerprint density at radius 1 is 1.07 bits per heavy atom. The van der Waals surface area contributed by atoms with E-state index in [9.17, 15) is 0 Å². The maximum Gasteiger partial charge on any atom is 0.135 e. The largest absolute Gasteiger partial charge is 0.456 e. The van der Waals surface area contributed by atoms with Crippen molar-refractivity contribution in [1.82, 2.24) is 0 Å². The SMILES string of the molecule is [B]c1cccc2oc3ccc(Cl)cc3c12. The second kappa shape index (κ2) is 3.04. The van der Waals surface area contributed by atoms with Gasteiger partial charge in [-0.3, -0.25) is 0 Å². The van der Waals surface area contributed by atoms with Crippen LogP contribution in [0, 0.1) is 0 Å². The molecule has 15 heavy (non-hydrogen) atoms. The molecule has 2 aromatic carbocycles. The van der Waals surface area contributed by atoms with E-state index in [4.69, 9.17) is 23.9 Å². The molecule has 0 saturated carbocycles. The van der Waals surface area contributed by atoms with Gasteiger partial charge in [-0.25, -0.2) is 0 Å². The first-order valence-electron chi connectivity index (χ1n) is 4.62. The minimum absolute atomic E-state index is 0.688. The van der Waals surface area contributed by atoms with Crippen LogP contribution in [0.4, 0.5) is 0 Å². The van der Waals surface area contributed by atoms with Crippen LogP contribution in [0.25, 0.3) is 21.9 Å². The predicted molar refractivity (Wildman–Crippen MR) is 64.1 cm³/mol. The van der Waals surface area contributed by atoms with Crippen molar-refractivity contribution in [3.8, 4) is 0 Å². The van der Waals surface area contributed by atoms with Gasteiger partial charge in [0.1, 0.15) is 19.0 Å². The molecule has 3 rings (SSSR count). The lowest BCUT2D eigenvalue weighted by molar-refractivity contribution is 0.669. The van der Waals surface area contributed by atoms with Gasteiger partial charge in [0, 0.05) is 15.8 Å². The predicted octanol–water partition coefficient (Wildman–Crippen LogP) is 3.03. The quantitative estimate of drug-likeness (QED) is 0.522. The molecule has 0 aliphatic rings. The molecule has 0 atom stereocenters. The Kier molecular flexibility index (Phi) is 1.80. The van der Waals surface area contributed by atoms with E-state index in [2.05, 4.69) is 0 Å². The maximum absolute atomic E-state index is 5.95. The zero-order valence-electron chi connectivity index (χ0n) is 7.83. The highest BCUT2D eigenvalue weighted by molar-refractivity contribution is 6.41. The second-order valence-electron chi connectivity index (χ2n) is 3.46. The van der Waals surface area contributed by atoms with Gasteiger partial charge in [0.05, 0.1) is 0 Å². The molecule has 0 spiro atoms. The van der Waals surface area contributed by atoms with Crippen LogP contribution in [-0.4, -0.2) is 7.85 Å². The molecule has 1 nitrogen and oxygen atoms in total. The fraction of sp³-hybridized carbons (Fsp3) is 0. The van der Waals surface area contributed by atoms with Crippen molar-refractivity contribution in [2.75, 3.05) is 0 Å². The zero-order chi connectivity index (χ0) is 10.4. The fourth-order valence-electron chi connectivity index (χ4n) is 1.83. The summed E-state index contributed by atoms with van der Waals surface area (Å²) in [6, 6.07) is 11.2. The van der Waals surface area contributed by atoms with Gasteiger partial charge < -0.3 is 4.42 Å². The van der Waals surface area contributed by atoms with Crippen LogP contribution in [0.3, 0.4) is 0 Å². The summed E-state index contributed by atoms with van der Waals surface area (Å²) in [6.45, 7) is 0. The summed E-state index contributed by atoms with van der Waals surface area (Å²) in [7, 11) is 5.91. The Bertz CT molecular complexity index is 657. The van der Waals surface area contributed by atoms with Gasteiger partial charge in [0.2, 0.25) is 0 Å². The van der Waals surface area contributed by atoms with Crippen molar-refractivity contribution < 1.29 is 4.42 Å². The van der Waals surface area contributed by atoms with Crippen molar-refractivity contribution >= 4 is 46.8 Å². The van der Waals surface area contributed by atoms with Gasteiger partial charge in [0.25, 0.3) is 0 Å². The van der Waals surface area contributed by atoms with Crippen molar-refractivity contribution in [2.24, 2.45) is 0 Å². The van der Waals surface area contributed by atoms with Crippen LogP contribution in [0.15, 0.2) is 40.8 Å². The van der Waals surface area contributed by atoms with Crippen LogP contribution < -0.4 is 5.46 Å². The summed E-state index contributed by atoms with van der Waals surface area (Å²) in [5, 5.41) is 2.60. The average Bonchev–Trinajstić information content (AvgIpc) is 2.57. The summed E-state index contributed by atoms with van der Waals surface area (Å²) in [4.78, 5) is 0. The first-order chi connectivity index (χ1) is 7.25. The van der Waals surface area contributed by atoms with Crippen LogP contribution in [0.1, 0.15) is 0 Å². The van der Waals surface area contributed by atoms with E-state index in [0.717, 1.165) is 21.9 Å². The summed E-state index contributed by atoms with van der Waals surface area (Å²) >= 11 is 5.95. The van der Waals surface area contributed by atoms with E-state index in [-0.39, 0.29) is 0 Å². The van der Waals surface area contributed by atoms with Crippen LogP contribution in [-0.2, 0) is 0 Å². The van der Waals surface area contributed by atoms with E-state index in [1.807, 2.05) is 36.4 Å². The lowest BCUT2D eigenvalue weighted by Crippen LogP contribution is -2.00. The summed E-state index contributed by atoms with van der Waals surface area (Å²) in [5.41, 5.74) is 2.33. The highest BCUT2D eigenvalue weighted by atomic mass is 35.5. The monoisotopic (exact) mass is 212 g/mol. The highest BCUT2D eigenvalue weighted by Gasteiger charge is 2.08. The van der Waals surface area contributed by atoms with Crippen LogP contribution in [0.5, 0.6) is 0 Å². The Morgan fingerprint density at radius 2 is 1.93 bits per heavy atom. The van der Waals surface area contributed by atoms with E-state index in [0.29, 0.717) is 10.5 Å². The van der Waals surface area contributed by atoms with Gasteiger partial charge in [-0.15, -0.1) is 0 Å². The van der Waals surface area contributed by atoms with Crippen molar-refractivity contribution in [1.29, 1.82) is 0 Å². The fourth-order valence-corrected chi connectivity index (χ4v) is 2.00. The third kappa shape index (κ3) is 1.25. The molecule has 0 aliphatic heterocycles. The molecular weight excluding hydrogens is 206 g/mol. The van der Waals surface area contributed by atoms with E-state index in [1.54, 1.807) is 0 Å². The molecule has 70 valence electrons. The van der Waals surface area contributed by atoms with E-state index >= 15 is 0 Å². The number of benzene rings is 2. The third-order valence-electron chi connectivity index (χ3n) is 2.49. The summed E-state index contributed by atoms with van der Waals surface area (Å²) in [6.07, 6.45) is 0. The van der Waals surface area contributed by atoms with Gasteiger partial charge in [-0.2, -0.15) is 0 Å². The van der Waals surface area contributed by atoms with Gasteiger partial charge in [0.15, 0.2) is 0 Å². The standard InChI is InChI=1S/C12H6BClO/c13-9-2-1-3-11-12(9)8-6-7(14)4-5-10(8)15-11/h1-6H. The number of hydrogen-bond donors (Lipinski definition) is 0. The lowest BCUT2D eigenvalue weighted by atomic mass is 9.91. The van der Waals surface area contributed by atoms with Gasteiger partial charge in [-0.05, 0) is 24.3 Å². The lowest BCUT2D eigenvalue weighted by Gasteiger charge is -1.94. The van der Waals surface area contributed by atoms with Crippen molar-refractivity contribution in [3.63, 3.8) is 0 Å². The van der Waals surface area contributed by atoms with Gasteiger partial charge in [-0.1, -0.05) is 29.2 Å². The van der Waals surface area contributed by atoms with E-state index in [1.165, 1.54) is 0 Å². The second-order valence-corrected chi connectivity index (χ2v) is 3.90. The molecule has 0 aliphatic carbocycles. The first kappa shape index (κ1) is 8.87. The molecule has 3 aromatic rings. The molecule has 0 N–H and O–H groups in total. The Labute approximate surface area is 93.0 Å². The molecule has 0 bridgehead atoms. The number of fused-ring (bicyclic) bond motifs is 3. The zero-order valence-corrected chi connectivity index (χ0v) is 8.58. The Morgan fingerprint density at radius 3 is 2.80 bits per heavy atom. The number of rotatable bonds is 0. The molecule has 1 heterocycles. The normalized spacial score (nSPS) is 11.3. The highest BCUT2D eigenvalue weighted by Crippen LogP contribution is 2.29. The molecular formula is C12H6BClO. The third-order valence-corrected chi connectivity index (χ3v) is 2.72. The topological polar surface area (TPSA) is 13.1 Å². The molecule has 0 saturated heterocycles. The van der Waals surface area contributed by atoms with Crippen LogP contribution >= 0.6 is 11.6 Å². The smallest absolute Gasteiger partial charge is 0.135 e. The van der Waals surface area contributed by atoms with Crippen molar-refractivity contribution in [3.05, 3.63) is 41.4 Å². The first-order valence-corrected chi connectivity index (χ1v) is 5.00. The van der Waals surface area contributed by atoms with Crippen LogP contribution in [0.2, 0.25) is 5.02 Å². The Hall–Kier alpha value is -1.41. The molecule has 1 aromatic heterocycles. The summed E-state index contributed by atoms with van der Waals surface area (Å²) in [5.74, 6) is 0. The molecule has 3 heteroatoms. The number of halogens is 1. The average molecular weight is 212 g/mol. The summed E-state index contributed by atoms with van der Waals surface area (Å²) < 4.78 is 5.65. The molecule has 2 radical (unpaired) electrons. The minimum atomic E-state index is 0.688.